The normalized spacial score (nSPS) is 13.7. The first-order chi connectivity index (χ1) is 10.1. The monoisotopic (exact) mass is 285 g/mol. The van der Waals surface area contributed by atoms with E-state index in [-0.39, 0.29) is 6.61 Å². The van der Waals surface area contributed by atoms with Crippen molar-refractivity contribution in [2.24, 2.45) is 5.73 Å². The fourth-order valence-electron chi connectivity index (χ4n) is 2.65. The topological polar surface area (TPSA) is 55.5 Å². The van der Waals surface area contributed by atoms with Gasteiger partial charge in [0.2, 0.25) is 0 Å². The van der Waals surface area contributed by atoms with Gasteiger partial charge in [-0.15, -0.1) is 0 Å². The maximum absolute atomic E-state index is 10.00. The van der Waals surface area contributed by atoms with Crippen LogP contribution in [0.4, 0.5) is 0 Å². The molecule has 0 bridgehead atoms. The highest BCUT2D eigenvalue weighted by Crippen LogP contribution is 2.29. The molecule has 1 unspecified atom stereocenters. The fraction of sp³-hybridized carbons (Fsp3) is 0.333. The van der Waals surface area contributed by atoms with Crippen molar-refractivity contribution in [2.45, 2.75) is 18.8 Å². The highest BCUT2D eigenvalue weighted by atomic mass is 16.5. The number of hydrogen-bond acceptors (Lipinski definition) is 3. The first-order valence-corrected chi connectivity index (χ1v) is 7.14. The molecule has 0 aromatic heterocycles. The van der Waals surface area contributed by atoms with Gasteiger partial charge in [0.15, 0.2) is 0 Å². The van der Waals surface area contributed by atoms with Gasteiger partial charge in [0.1, 0.15) is 5.75 Å². The standard InChI is InChI=1S/C18H23NO2/c1-14-5-3-7-16(9-14)18(12-19,13-20)11-15-6-4-8-17(10-15)21-2/h3-10,20H,11-13,19H2,1-2H3. The molecule has 3 N–H and O–H groups in total. The van der Waals surface area contributed by atoms with E-state index in [1.807, 2.05) is 49.4 Å². The van der Waals surface area contributed by atoms with Gasteiger partial charge in [-0.1, -0.05) is 42.0 Å². The molecule has 2 rings (SSSR count). The molecule has 0 spiro atoms. The highest BCUT2D eigenvalue weighted by Gasteiger charge is 2.30. The summed E-state index contributed by atoms with van der Waals surface area (Å²) in [6.45, 7) is 2.46. The molecule has 21 heavy (non-hydrogen) atoms. The van der Waals surface area contributed by atoms with Gasteiger partial charge < -0.3 is 15.6 Å². The lowest BCUT2D eigenvalue weighted by atomic mass is 9.76. The molecule has 0 aliphatic heterocycles. The van der Waals surface area contributed by atoms with Gasteiger partial charge in [0, 0.05) is 12.0 Å². The number of benzene rings is 2. The highest BCUT2D eigenvalue weighted by molar-refractivity contribution is 5.35. The van der Waals surface area contributed by atoms with Crippen molar-refractivity contribution < 1.29 is 9.84 Å². The molecule has 0 fully saturated rings. The first kappa shape index (κ1) is 15.5. The zero-order chi connectivity index (χ0) is 15.3. The van der Waals surface area contributed by atoms with E-state index in [1.54, 1.807) is 7.11 Å². The van der Waals surface area contributed by atoms with Crippen LogP contribution in [0.25, 0.3) is 0 Å². The molecule has 0 aliphatic rings. The van der Waals surface area contributed by atoms with E-state index in [0.29, 0.717) is 13.0 Å². The molecule has 0 heterocycles. The van der Waals surface area contributed by atoms with Crippen LogP contribution in [0.5, 0.6) is 5.75 Å². The predicted molar refractivity (Wildman–Crippen MR) is 85.7 cm³/mol. The molecule has 2 aromatic carbocycles. The summed E-state index contributed by atoms with van der Waals surface area (Å²) >= 11 is 0. The summed E-state index contributed by atoms with van der Waals surface area (Å²) in [6.07, 6.45) is 0.681. The van der Waals surface area contributed by atoms with Crippen LogP contribution in [-0.4, -0.2) is 25.4 Å². The molecule has 2 aromatic rings. The SMILES string of the molecule is COc1cccc(CC(CN)(CO)c2cccc(C)c2)c1. The Balaban J connectivity index is 2.38. The predicted octanol–water partition coefficient (Wildman–Crippen LogP) is 2.44. The quantitative estimate of drug-likeness (QED) is 0.857. The maximum Gasteiger partial charge on any atom is 0.119 e. The van der Waals surface area contributed by atoms with Crippen molar-refractivity contribution in [3.8, 4) is 5.75 Å². The fourth-order valence-corrected chi connectivity index (χ4v) is 2.65. The molecule has 0 saturated carbocycles. The van der Waals surface area contributed by atoms with Crippen LogP contribution in [0.2, 0.25) is 0 Å². The molecule has 3 nitrogen and oxygen atoms in total. The third-order valence-corrected chi connectivity index (χ3v) is 4.00. The van der Waals surface area contributed by atoms with Gasteiger partial charge in [-0.25, -0.2) is 0 Å². The van der Waals surface area contributed by atoms with Gasteiger partial charge in [-0.2, -0.15) is 0 Å². The summed E-state index contributed by atoms with van der Waals surface area (Å²) in [4.78, 5) is 0. The lowest BCUT2D eigenvalue weighted by Gasteiger charge is -2.31. The van der Waals surface area contributed by atoms with Gasteiger partial charge in [-0.3, -0.25) is 0 Å². The Hall–Kier alpha value is -1.84. The van der Waals surface area contributed by atoms with Gasteiger partial charge in [0.25, 0.3) is 0 Å². The second-order valence-corrected chi connectivity index (χ2v) is 5.54. The van der Waals surface area contributed by atoms with Crippen molar-refractivity contribution >= 4 is 0 Å². The Morgan fingerprint density at radius 1 is 1.14 bits per heavy atom. The maximum atomic E-state index is 10.00. The average Bonchev–Trinajstić information content (AvgIpc) is 2.53. The van der Waals surface area contributed by atoms with E-state index in [4.69, 9.17) is 10.5 Å². The number of aliphatic hydroxyl groups is 1. The Morgan fingerprint density at radius 3 is 2.52 bits per heavy atom. The number of hydrogen-bond donors (Lipinski definition) is 2. The van der Waals surface area contributed by atoms with Crippen molar-refractivity contribution in [3.05, 3.63) is 65.2 Å². The van der Waals surface area contributed by atoms with Crippen molar-refractivity contribution in [1.29, 1.82) is 0 Å². The Kier molecular flexibility index (Phi) is 4.99. The summed E-state index contributed by atoms with van der Waals surface area (Å²) < 4.78 is 5.27. The number of nitrogens with two attached hydrogens (primary N) is 1. The van der Waals surface area contributed by atoms with Crippen LogP contribution in [-0.2, 0) is 11.8 Å². The van der Waals surface area contributed by atoms with E-state index in [2.05, 4.69) is 6.07 Å². The van der Waals surface area contributed by atoms with Crippen LogP contribution in [0.15, 0.2) is 48.5 Å². The van der Waals surface area contributed by atoms with E-state index in [1.165, 1.54) is 5.56 Å². The van der Waals surface area contributed by atoms with E-state index < -0.39 is 5.41 Å². The molecular formula is C18H23NO2. The van der Waals surface area contributed by atoms with Crippen molar-refractivity contribution in [2.75, 3.05) is 20.3 Å². The number of methoxy groups -OCH3 is 1. The molecule has 112 valence electrons. The Labute approximate surface area is 126 Å². The number of aliphatic hydroxyl groups excluding tert-OH is 1. The molecule has 0 amide bonds. The van der Waals surface area contributed by atoms with Crippen LogP contribution in [0, 0.1) is 6.92 Å². The first-order valence-electron chi connectivity index (χ1n) is 7.14. The molecule has 1 atom stereocenters. The summed E-state index contributed by atoms with van der Waals surface area (Å²) in [5, 5.41) is 10.00. The minimum absolute atomic E-state index is 0.0180. The van der Waals surface area contributed by atoms with Crippen LogP contribution < -0.4 is 10.5 Å². The van der Waals surface area contributed by atoms with Crippen LogP contribution in [0.3, 0.4) is 0 Å². The zero-order valence-corrected chi connectivity index (χ0v) is 12.7. The van der Waals surface area contributed by atoms with Crippen molar-refractivity contribution in [3.63, 3.8) is 0 Å². The van der Waals surface area contributed by atoms with Gasteiger partial charge in [-0.05, 0) is 36.6 Å². The molecule has 0 aliphatic carbocycles. The van der Waals surface area contributed by atoms with Crippen LogP contribution >= 0.6 is 0 Å². The van der Waals surface area contributed by atoms with E-state index in [9.17, 15) is 5.11 Å². The average molecular weight is 285 g/mol. The zero-order valence-electron chi connectivity index (χ0n) is 12.7. The Morgan fingerprint density at radius 2 is 1.90 bits per heavy atom. The van der Waals surface area contributed by atoms with Gasteiger partial charge in [0.05, 0.1) is 13.7 Å². The van der Waals surface area contributed by atoms with E-state index >= 15 is 0 Å². The molecular weight excluding hydrogens is 262 g/mol. The van der Waals surface area contributed by atoms with Crippen molar-refractivity contribution in [1.82, 2.24) is 0 Å². The third kappa shape index (κ3) is 3.43. The second kappa shape index (κ2) is 6.74. The Bertz CT molecular complexity index is 591. The number of rotatable bonds is 6. The van der Waals surface area contributed by atoms with Crippen LogP contribution in [0.1, 0.15) is 16.7 Å². The van der Waals surface area contributed by atoms with Gasteiger partial charge >= 0.3 is 0 Å². The summed E-state index contributed by atoms with van der Waals surface area (Å²) in [5.74, 6) is 0.820. The third-order valence-electron chi connectivity index (χ3n) is 4.00. The van der Waals surface area contributed by atoms with E-state index in [0.717, 1.165) is 16.9 Å². The lowest BCUT2D eigenvalue weighted by molar-refractivity contribution is 0.196. The largest absolute Gasteiger partial charge is 0.497 e. The smallest absolute Gasteiger partial charge is 0.119 e. The molecule has 3 heteroatoms. The second-order valence-electron chi connectivity index (χ2n) is 5.54. The summed E-state index contributed by atoms with van der Waals surface area (Å²) in [6, 6.07) is 16.1. The minimum atomic E-state index is -0.460. The summed E-state index contributed by atoms with van der Waals surface area (Å²) in [5.41, 5.74) is 8.92. The lowest BCUT2D eigenvalue weighted by Crippen LogP contribution is -2.41. The number of aryl methyl sites for hydroxylation is 1. The molecule has 0 radical (unpaired) electrons. The minimum Gasteiger partial charge on any atom is -0.497 e. The number of ether oxygens (including phenoxy) is 1. The molecule has 0 saturated heterocycles. The summed E-state index contributed by atoms with van der Waals surface area (Å²) in [7, 11) is 1.65.